The molecule has 1 rings (SSSR count). The van der Waals surface area contributed by atoms with Gasteiger partial charge < -0.3 is 21.1 Å². The molecule has 0 saturated heterocycles. The van der Waals surface area contributed by atoms with Crippen molar-refractivity contribution in [1.82, 2.24) is 0 Å². The molecule has 0 heterocycles. The largest absolute Gasteiger partial charge is 0.507 e. The summed E-state index contributed by atoms with van der Waals surface area (Å²) in [7, 11) is 0. The molecule has 1 aromatic rings. The molecule has 6 heteroatoms. The van der Waals surface area contributed by atoms with Gasteiger partial charge in [-0.05, 0) is 18.6 Å². The summed E-state index contributed by atoms with van der Waals surface area (Å²) in [5.41, 5.74) is 5.97. The maximum atomic E-state index is 11.2. The van der Waals surface area contributed by atoms with Gasteiger partial charge in [-0.2, -0.15) is 0 Å². The lowest BCUT2D eigenvalue weighted by Crippen LogP contribution is -2.33. The third-order valence-corrected chi connectivity index (χ3v) is 3.21. The van der Waals surface area contributed by atoms with E-state index in [0.29, 0.717) is 5.56 Å². The minimum Gasteiger partial charge on any atom is -0.507 e. The van der Waals surface area contributed by atoms with Gasteiger partial charge in [0.2, 0.25) is 0 Å². The van der Waals surface area contributed by atoms with Crippen LogP contribution in [0.15, 0.2) is 12.1 Å². The number of hydrogen-bond donors (Lipinski definition) is 4. The number of phenolic OH excluding ortho intramolecular Hbond substituents is 1. The molecule has 0 aliphatic heterocycles. The van der Waals surface area contributed by atoms with Crippen molar-refractivity contribution in [3.8, 4) is 5.75 Å². The van der Waals surface area contributed by atoms with Crippen LogP contribution in [-0.4, -0.2) is 27.9 Å². The first-order valence-corrected chi connectivity index (χ1v) is 5.64. The van der Waals surface area contributed by atoms with E-state index in [0.717, 1.165) is 0 Å². The average molecular weight is 290 g/mol. The smallest absolute Gasteiger partial charge is 0.336 e. The van der Waals surface area contributed by atoms with E-state index < -0.39 is 17.4 Å². The van der Waals surface area contributed by atoms with E-state index in [2.05, 4.69) is 0 Å². The average Bonchev–Trinajstić information content (AvgIpc) is 2.31. The highest BCUT2D eigenvalue weighted by Gasteiger charge is 2.32. The molecule has 5 nitrogen and oxygen atoms in total. The van der Waals surface area contributed by atoms with Gasteiger partial charge in [-0.25, -0.2) is 4.79 Å². The van der Waals surface area contributed by atoms with E-state index in [-0.39, 0.29) is 35.9 Å². The van der Waals surface area contributed by atoms with Crippen LogP contribution in [0.5, 0.6) is 5.75 Å². The van der Waals surface area contributed by atoms with E-state index in [1.54, 1.807) is 20.8 Å². The first-order valence-electron chi connectivity index (χ1n) is 5.64. The van der Waals surface area contributed by atoms with E-state index in [9.17, 15) is 15.0 Å². The molecular weight excluding hydrogens is 270 g/mol. The zero-order valence-corrected chi connectivity index (χ0v) is 12.0. The summed E-state index contributed by atoms with van der Waals surface area (Å²) in [5.74, 6) is -1.27. The summed E-state index contributed by atoms with van der Waals surface area (Å²) in [6.07, 6.45) is 0. The van der Waals surface area contributed by atoms with Crippen LogP contribution in [0, 0.1) is 12.3 Å². The van der Waals surface area contributed by atoms with E-state index in [1.807, 2.05) is 0 Å². The van der Waals surface area contributed by atoms with E-state index in [1.165, 1.54) is 12.1 Å². The highest BCUT2D eigenvalue weighted by molar-refractivity contribution is 5.90. The number of rotatable bonds is 4. The minimum absolute atomic E-state index is 0. The van der Waals surface area contributed by atoms with Crippen LogP contribution >= 0.6 is 12.4 Å². The van der Waals surface area contributed by atoms with Crippen molar-refractivity contribution in [1.29, 1.82) is 0 Å². The summed E-state index contributed by atoms with van der Waals surface area (Å²) >= 11 is 0. The van der Waals surface area contributed by atoms with Gasteiger partial charge >= 0.3 is 5.97 Å². The van der Waals surface area contributed by atoms with Crippen LogP contribution < -0.4 is 5.73 Å². The Balaban J connectivity index is 0.00000324. The fraction of sp³-hybridized carbons (Fsp3) is 0.462. The number of aliphatic hydroxyl groups excluding tert-OH is 1. The summed E-state index contributed by atoms with van der Waals surface area (Å²) < 4.78 is 0. The summed E-state index contributed by atoms with van der Waals surface area (Å²) in [5, 5.41) is 28.5. The third-order valence-electron chi connectivity index (χ3n) is 3.21. The number of aromatic hydroxyl groups is 1. The fourth-order valence-corrected chi connectivity index (χ4v) is 1.71. The van der Waals surface area contributed by atoms with Crippen molar-refractivity contribution in [3.63, 3.8) is 0 Å². The zero-order chi connectivity index (χ0) is 14.1. The summed E-state index contributed by atoms with van der Waals surface area (Å²) in [4.78, 5) is 11.2. The lowest BCUT2D eigenvalue weighted by atomic mass is 9.79. The lowest BCUT2D eigenvalue weighted by Gasteiger charge is -2.31. The number of nitrogens with two attached hydrogens (primary N) is 1. The molecule has 0 radical (unpaired) electrons. The Hall–Kier alpha value is -1.30. The normalized spacial score (nSPS) is 12.7. The highest BCUT2D eigenvalue weighted by Crippen LogP contribution is 2.38. The summed E-state index contributed by atoms with van der Waals surface area (Å²) in [6, 6.07) is 2.18. The molecule has 1 atom stereocenters. The van der Waals surface area contributed by atoms with Crippen LogP contribution in [0.1, 0.15) is 41.4 Å². The predicted molar refractivity (Wildman–Crippen MR) is 74.8 cm³/mol. The number of carboxylic acids is 1. The van der Waals surface area contributed by atoms with Crippen LogP contribution in [0.2, 0.25) is 0 Å². The molecule has 0 unspecified atom stereocenters. The quantitative estimate of drug-likeness (QED) is 0.677. The minimum atomic E-state index is -1.15. The molecule has 19 heavy (non-hydrogen) atoms. The molecule has 0 fully saturated rings. The van der Waals surface area contributed by atoms with Crippen molar-refractivity contribution in [3.05, 3.63) is 28.8 Å². The van der Waals surface area contributed by atoms with E-state index >= 15 is 0 Å². The van der Waals surface area contributed by atoms with Gasteiger partial charge in [0.05, 0.1) is 5.56 Å². The van der Waals surface area contributed by atoms with Crippen molar-refractivity contribution in [2.75, 3.05) is 6.61 Å². The van der Waals surface area contributed by atoms with Gasteiger partial charge in [0.1, 0.15) is 5.75 Å². The Morgan fingerprint density at radius 1 is 1.42 bits per heavy atom. The Morgan fingerprint density at radius 3 is 2.37 bits per heavy atom. The maximum absolute atomic E-state index is 11.2. The van der Waals surface area contributed by atoms with Crippen molar-refractivity contribution >= 4 is 18.4 Å². The van der Waals surface area contributed by atoms with Gasteiger partial charge in [0.25, 0.3) is 0 Å². The number of aliphatic hydroxyl groups is 1. The number of aromatic carboxylic acids is 1. The molecule has 5 N–H and O–H groups in total. The number of hydrogen-bond acceptors (Lipinski definition) is 4. The molecule has 108 valence electrons. The molecule has 1 aromatic carbocycles. The van der Waals surface area contributed by atoms with Crippen LogP contribution in [-0.2, 0) is 0 Å². The highest BCUT2D eigenvalue weighted by atomic mass is 35.5. The van der Waals surface area contributed by atoms with Gasteiger partial charge in [-0.15, -0.1) is 12.4 Å². The van der Waals surface area contributed by atoms with Gasteiger partial charge in [0, 0.05) is 23.6 Å². The van der Waals surface area contributed by atoms with Crippen molar-refractivity contribution in [2.24, 2.45) is 11.1 Å². The molecule has 0 saturated carbocycles. The van der Waals surface area contributed by atoms with Crippen molar-refractivity contribution in [2.45, 2.75) is 26.8 Å². The SMILES string of the molecule is Cc1ccc(C(=O)O)c([C@@H](N)C(C)(C)CO)c1O.Cl. The predicted octanol–water partition coefficient (Wildman–Crippen LogP) is 1.84. The zero-order valence-electron chi connectivity index (χ0n) is 11.2. The fourth-order valence-electron chi connectivity index (χ4n) is 1.71. The second-order valence-corrected chi connectivity index (χ2v) is 5.12. The maximum Gasteiger partial charge on any atom is 0.336 e. The van der Waals surface area contributed by atoms with Gasteiger partial charge in [0.15, 0.2) is 0 Å². The molecule has 0 aliphatic carbocycles. The van der Waals surface area contributed by atoms with Gasteiger partial charge in [-0.1, -0.05) is 19.9 Å². The second-order valence-electron chi connectivity index (χ2n) is 5.12. The van der Waals surface area contributed by atoms with Crippen LogP contribution in [0.3, 0.4) is 0 Å². The number of phenols is 1. The first-order chi connectivity index (χ1) is 8.22. The Kier molecular flexibility index (Phi) is 5.81. The Morgan fingerprint density at radius 2 is 1.95 bits per heavy atom. The topological polar surface area (TPSA) is 104 Å². The number of halogens is 1. The Labute approximate surface area is 118 Å². The van der Waals surface area contributed by atoms with Crippen LogP contribution in [0.25, 0.3) is 0 Å². The second kappa shape index (κ2) is 6.23. The molecule has 0 aliphatic rings. The lowest BCUT2D eigenvalue weighted by molar-refractivity contribution is 0.0690. The van der Waals surface area contributed by atoms with Gasteiger partial charge in [-0.3, -0.25) is 0 Å². The number of benzene rings is 1. The molecule has 0 amide bonds. The molecule has 0 bridgehead atoms. The molecule has 0 spiro atoms. The molecule has 0 aromatic heterocycles. The van der Waals surface area contributed by atoms with E-state index in [4.69, 9.17) is 10.8 Å². The first kappa shape index (κ1) is 17.7. The number of aryl methyl sites for hydroxylation is 1. The van der Waals surface area contributed by atoms with Crippen molar-refractivity contribution < 1.29 is 20.1 Å². The van der Waals surface area contributed by atoms with Crippen LogP contribution in [0.4, 0.5) is 0 Å². The molecular formula is C13H20ClNO4. The number of carboxylic acid groups (broad SMARTS) is 1. The number of carbonyl (C=O) groups is 1. The Bertz CT molecular complexity index is 474. The standard InChI is InChI=1S/C13H19NO4.ClH/c1-7-4-5-8(12(17)18)9(10(7)16)11(14)13(2,3)6-15;/h4-5,11,15-16H,6,14H2,1-3H3,(H,17,18);1H/t11-;/m1./s1. The third kappa shape index (κ3) is 3.37. The monoisotopic (exact) mass is 289 g/mol. The summed E-state index contributed by atoms with van der Waals surface area (Å²) in [6.45, 7) is 4.89.